The van der Waals surface area contributed by atoms with Crippen LogP contribution in [0.2, 0.25) is 0 Å². The molecule has 266 valence electrons. The first kappa shape index (κ1) is 36.0. The van der Waals surface area contributed by atoms with Crippen molar-refractivity contribution in [3.63, 3.8) is 0 Å². The molecule has 4 aromatic rings. The largest absolute Gasteiger partial charge is 0.416 e. The van der Waals surface area contributed by atoms with Crippen molar-refractivity contribution >= 4 is 29.2 Å². The fourth-order valence-corrected chi connectivity index (χ4v) is 7.58. The van der Waals surface area contributed by atoms with Gasteiger partial charge in [0, 0.05) is 57.6 Å². The maximum atomic E-state index is 14.1. The second-order valence-electron chi connectivity index (χ2n) is 13.2. The van der Waals surface area contributed by atoms with Crippen molar-refractivity contribution in [2.24, 2.45) is 0 Å². The summed E-state index contributed by atoms with van der Waals surface area (Å²) in [6.45, 7) is 7.19. The molecular formula is C41H39N3O8. The normalized spacial score (nSPS) is 16.1. The van der Waals surface area contributed by atoms with Crippen LogP contribution >= 0.6 is 0 Å². The molecule has 11 heteroatoms. The molecule has 3 aromatic carbocycles. The number of carbonyl (C=O) groups is 4. The zero-order chi connectivity index (χ0) is 37.0. The number of ether oxygens (including phenoxy) is 2. The summed E-state index contributed by atoms with van der Waals surface area (Å²) in [7, 11) is 0. The van der Waals surface area contributed by atoms with E-state index in [0.717, 1.165) is 51.0 Å². The number of nitro groups is 1. The van der Waals surface area contributed by atoms with Crippen LogP contribution in [-0.2, 0) is 15.0 Å². The molecule has 3 heterocycles. The molecule has 1 aromatic heterocycles. The number of benzene rings is 3. The number of hydrogen-bond donors (Lipinski definition) is 0. The predicted octanol–water partition coefficient (Wildman–Crippen LogP) is 7.29. The number of hydrogen-bond acceptors (Lipinski definition) is 10. The van der Waals surface area contributed by atoms with Crippen LogP contribution in [0.15, 0.2) is 84.9 Å². The average Bonchev–Trinajstić information content (AvgIpc) is 3.16. The topological polar surface area (TPSA) is 146 Å². The standard InChI is InChI=1S/C41H39N3O8/c1-26-36(28(3)45)38(31-17-18-33-39(44(49)50)40(31)52-35(48)20-19-34(47)51-33)37(27(2)42-26)32(46)16-10-11-23-43-24-21-41(22-25-43,29-12-6-4-7-13-29)30-14-8-5-9-15-30/h4-9,12-15,17-20H,10-11,16,21-25H2,1-3H3/b20-19+. The van der Waals surface area contributed by atoms with Crippen molar-refractivity contribution in [1.29, 1.82) is 0 Å². The van der Waals surface area contributed by atoms with Crippen molar-refractivity contribution in [2.45, 2.75) is 58.3 Å². The number of fused-ring (bicyclic) bond motifs is 2. The van der Waals surface area contributed by atoms with E-state index in [2.05, 4.69) is 58.4 Å². The van der Waals surface area contributed by atoms with Gasteiger partial charge >= 0.3 is 17.6 Å². The summed E-state index contributed by atoms with van der Waals surface area (Å²) in [5.41, 5.74) is 2.67. The third kappa shape index (κ3) is 7.17. The van der Waals surface area contributed by atoms with E-state index in [4.69, 9.17) is 9.47 Å². The van der Waals surface area contributed by atoms with Gasteiger partial charge < -0.3 is 14.4 Å². The number of aryl methyl sites for hydroxylation is 2. The number of Topliss-reactive ketones (excluding diaryl/α,β-unsaturated/α-hetero) is 2. The smallest absolute Gasteiger partial charge is 0.354 e. The van der Waals surface area contributed by atoms with Gasteiger partial charge in [0.25, 0.3) is 0 Å². The molecular weight excluding hydrogens is 662 g/mol. The number of likely N-dealkylation sites (tertiary alicyclic amines) is 1. The minimum absolute atomic E-state index is 0.0362. The number of aromatic nitrogens is 1. The van der Waals surface area contributed by atoms with Crippen LogP contribution in [0.25, 0.3) is 11.1 Å². The number of piperidine rings is 1. The first-order chi connectivity index (χ1) is 25.0. The van der Waals surface area contributed by atoms with Gasteiger partial charge in [0.15, 0.2) is 11.6 Å². The molecule has 2 bridgehead atoms. The summed E-state index contributed by atoms with van der Waals surface area (Å²) in [4.78, 5) is 70.5. The van der Waals surface area contributed by atoms with Gasteiger partial charge in [-0.05, 0) is 89.3 Å². The Morgan fingerprint density at radius 3 is 1.98 bits per heavy atom. The van der Waals surface area contributed by atoms with Crippen molar-refractivity contribution < 1.29 is 33.6 Å². The van der Waals surface area contributed by atoms with E-state index >= 15 is 0 Å². The zero-order valence-electron chi connectivity index (χ0n) is 29.3. The lowest BCUT2D eigenvalue weighted by Gasteiger charge is -2.43. The van der Waals surface area contributed by atoms with Gasteiger partial charge in [0.1, 0.15) is 0 Å². The van der Waals surface area contributed by atoms with Gasteiger partial charge in [-0.25, -0.2) is 9.59 Å². The highest BCUT2D eigenvalue weighted by molar-refractivity contribution is 6.12. The number of ketones is 2. The zero-order valence-corrected chi connectivity index (χ0v) is 29.3. The van der Waals surface area contributed by atoms with E-state index in [1.165, 1.54) is 30.2 Å². The van der Waals surface area contributed by atoms with Crippen molar-refractivity contribution in [3.8, 4) is 22.6 Å². The molecule has 0 aliphatic carbocycles. The number of esters is 2. The van der Waals surface area contributed by atoms with E-state index in [9.17, 15) is 29.3 Å². The van der Waals surface area contributed by atoms with Crippen LogP contribution in [0.3, 0.4) is 0 Å². The second-order valence-corrected chi connectivity index (χ2v) is 13.2. The maximum absolute atomic E-state index is 14.1. The summed E-state index contributed by atoms with van der Waals surface area (Å²) in [5, 5.41) is 12.3. The minimum Gasteiger partial charge on any atom is -0.416 e. The van der Waals surface area contributed by atoms with E-state index in [0.29, 0.717) is 17.8 Å². The Labute approximate surface area is 301 Å². The first-order valence-electron chi connectivity index (χ1n) is 17.3. The highest BCUT2D eigenvalue weighted by atomic mass is 16.6. The number of pyridine rings is 1. The number of nitro benzene ring substituents is 1. The molecule has 0 amide bonds. The fraction of sp³-hybridized carbons (Fsp3) is 0.293. The van der Waals surface area contributed by atoms with Crippen molar-refractivity contribution in [3.05, 3.63) is 129 Å². The Bertz CT molecular complexity index is 2040. The van der Waals surface area contributed by atoms with Gasteiger partial charge in [0.2, 0.25) is 11.5 Å². The lowest BCUT2D eigenvalue weighted by molar-refractivity contribution is -0.386. The van der Waals surface area contributed by atoms with Gasteiger partial charge in [-0.1, -0.05) is 60.7 Å². The lowest BCUT2D eigenvalue weighted by Crippen LogP contribution is -2.43. The number of rotatable bonds is 11. The predicted molar refractivity (Wildman–Crippen MR) is 194 cm³/mol. The molecule has 0 atom stereocenters. The van der Waals surface area contributed by atoms with E-state index in [1.807, 2.05) is 12.1 Å². The SMILES string of the molecule is CC(=O)c1c(C)nc(C)c(C(=O)CCCCN2CCC(c3ccccc3)(c3ccccc3)CC2)c1-c1ccc2c([N+](=O)[O-])c1OC(=O)/C=C/C(=O)O2. The monoisotopic (exact) mass is 701 g/mol. The Hall–Kier alpha value is -5.81. The molecule has 0 radical (unpaired) electrons. The summed E-state index contributed by atoms with van der Waals surface area (Å²) in [6.07, 6.45) is 4.97. The van der Waals surface area contributed by atoms with E-state index in [-0.39, 0.29) is 39.9 Å². The van der Waals surface area contributed by atoms with Crippen molar-refractivity contribution in [2.75, 3.05) is 19.6 Å². The molecule has 6 rings (SSSR count). The van der Waals surface area contributed by atoms with Gasteiger partial charge in [-0.15, -0.1) is 0 Å². The van der Waals surface area contributed by atoms with Gasteiger partial charge in [-0.3, -0.25) is 24.7 Å². The Balaban J connectivity index is 1.24. The first-order valence-corrected chi connectivity index (χ1v) is 17.3. The van der Waals surface area contributed by atoms with Crippen LogP contribution in [0.4, 0.5) is 5.69 Å². The Morgan fingerprint density at radius 2 is 1.40 bits per heavy atom. The Morgan fingerprint density at radius 1 is 0.827 bits per heavy atom. The van der Waals surface area contributed by atoms with Gasteiger partial charge in [-0.2, -0.15) is 0 Å². The Kier molecular flexibility index (Phi) is 10.5. The van der Waals surface area contributed by atoms with Crippen LogP contribution in [0.1, 0.15) is 82.3 Å². The van der Waals surface area contributed by atoms with Gasteiger partial charge in [0.05, 0.1) is 4.92 Å². The minimum atomic E-state index is -1.07. The molecule has 2 aliphatic rings. The van der Waals surface area contributed by atoms with E-state index in [1.54, 1.807) is 13.8 Å². The molecule has 52 heavy (non-hydrogen) atoms. The maximum Gasteiger partial charge on any atom is 0.354 e. The molecule has 1 saturated heterocycles. The van der Waals surface area contributed by atoms with Crippen LogP contribution in [-0.4, -0.2) is 57.9 Å². The quantitative estimate of drug-likeness (QED) is 0.0390. The van der Waals surface area contributed by atoms with Crippen LogP contribution in [0, 0.1) is 24.0 Å². The molecule has 2 aliphatic heterocycles. The molecule has 1 fully saturated rings. The lowest BCUT2D eigenvalue weighted by atomic mass is 9.68. The van der Waals surface area contributed by atoms with Crippen LogP contribution in [0.5, 0.6) is 11.5 Å². The molecule has 0 N–H and O–H groups in total. The number of nitrogens with zero attached hydrogens (tertiary/aromatic N) is 3. The molecule has 11 nitrogen and oxygen atoms in total. The summed E-state index contributed by atoms with van der Waals surface area (Å²) >= 11 is 0. The third-order valence-electron chi connectivity index (χ3n) is 10.00. The molecule has 0 unspecified atom stereocenters. The highest BCUT2D eigenvalue weighted by Gasteiger charge is 2.38. The summed E-state index contributed by atoms with van der Waals surface area (Å²) in [6, 6.07) is 23.8. The number of carbonyl (C=O) groups excluding carboxylic acids is 4. The second kappa shape index (κ2) is 15.2. The highest BCUT2D eigenvalue weighted by Crippen LogP contribution is 2.48. The number of unbranched alkanes of at least 4 members (excludes halogenated alkanes) is 1. The summed E-state index contributed by atoms with van der Waals surface area (Å²) in [5.74, 6) is -3.79. The summed E-state index contributed by atoms with van der Waals surface area (Å²) < 4.78 is 10.6. The van der Waals surface area contributed by atoms with E-state index < -0.39 is 39.8 Å². The third-order valence-corrected chi connectivity index (χ3v) is 10.00. The van der Waals surface area contributed by atoms with Crippen molar-refractivity contribution in [1.82, 2.24) is 9.88 Å². The van der Waals surface area contributed by atoms with Crippen LogP contribution < -0.4 is 9.47 Å². The fourth-order valence-electron chi connectivity index (χ4n) is 7.58. The molecule has 0 saturated carbocycles. The average molecular weight is 702 g/mol. The molecule has 0 spiro atoms.